The Labute approximate surface area is 114 Å². The molecule has 0 amide bonds. The Kier molecular flexibility index (Phi) is 5.36. The number of nitrogens with zero attached hydrogens (tertiary/aromatic N) is 1. The third-order valence-electron chi connectivity index (χ3n) is 2.94. The lowest BCUT2D eigenvalue weighted by Crippen LogP contribution is -2.32. The van der Waals surface area contributed by atoms with Crippen LogP contribution in [0.5, 0.6) is 5.75 Å². The minimum atomic E-state index is -0.812. The monoisotopic (exact) mass is 265 g/mol. The number of phenols is 1. The Morgan fingerprint density at radius 2 is 1.79 bits per heavy atom. The number of carbonyl (C=O) groups is 1. The smallest absolute Gasteiger partial charge is 0.317 e. The number of hydrogen-bond donors (Lipinski definition) is 2. The number of phenolic OH excluding ortho intramolecular Hbond substituents is 1. The molecule has 4 heteroatoms. The number of carboxylic acids is 1. The van der Waals surface area contributed by atoms with Crippen molar-refractivity contribution in [2.24, 2.45) is 5.92 Å². The van der Waals surface area contributed by atoms with Gasteiger partial charge in [0.2, 0.25) is 0 Å². The molecule has 0 saturated carbocycles. The molecule has 0 spiro atoms. The van der Waals surface area contributed by atoms with Gasteiger partial charge in [-0.3, -0.25) is 9.69 Å². The maximum atomic E-state index is 10.9. The average Bonchev–Trinajstić information content (AvgIpc) is 2.23. The minimum absolute atomic E-state index is 0.0388. The number of rotatable bonds is 6. The second kappa shape index (κ2) is 6.57. The standard InChI is InChI=1S/C15H23NO3/c1-10(2)7-16(9-14(17)18)8-13-5-11(3)15(19)12(4)6-13/h5-6,10,19H,7-9H2,1-4H3,(H,17,18). The van der Waals surface area contributed by atoms with E-state index < -0.39 is 5.97 Å². The summed E-state index contributed by atoms with van der Waals surface area (Å²) in [5.74, 6) is -0.0797. The third-order valence-corrected chi connectivity index (χ3v) is 2.94. The Hall–Kier alpha value is -1.55. The zero-order valence-electron chi connectivity index (χ0n) is 12.1. The molecule has 0 atom stereocenters. The molecule has 0 unspecified atom stereocenters. The van der Waals surface area contributed by atoms with Crippen LogP contribution in [0.3, 0.4) is 0 Å². The maximum absolute atomic E-state index is 10.9. The van der Waals surface area contributed by atoms with Crippen LogP contribution >= 0.6 is 0 Å². The van der Waals surface area contributed by atoms with Crippen LogP contribution in [0.1, 0.15) is 30.5 Å². The summed E-state index contributed by atoms with van der Waals surface area (Å²) in [5, 5.41) is 18.7. The highest BCUT2D eigenvalue weighted by Gasteiger charge is 2.13. The molecule has 0 aromatic heterocycles. The van der Waals surface area contributed by atoms with Crippen molar-refractivity contribution in [3.63, 3.8) is 0 Å². The van der Waals surface area contributed by atoms with Gasteiger partial charge in [0.1, 0.15) is 5.75 Å². The summed E-state index contributed by atoms with van der Waals surface area (Å²) in [6.07, 6.45) is 0. The topological polar surface area (TPSA) is 60.8 Å². The maximum Gasteiger partial charge on any atom is 0.317 e. The van der Waals surface area contributed by atoms with Crippen LogP contribution < -0.4 is 0 Å². The first-order valence-corrected chi connectivity index (χ1v) is 6.52. The number of aromatic hydroxyl groups is 1. The fraction of sp³-hybridized carbons (Fsp3) is 0.533. The lowest BCUT2D eigenvalue weighted by atomic mass is 10.0. The summed E-state index contributed by atoms with van der Waals surface area (Å²) in [4.78, 5) is 12.8. The van der Waals surface area contributed by atoms with E-state index >= 15 is 0 Å². The summed E-state index contributed by atoms with van der Waals surface area (Å²) in [5.41, 5.74) is 2.69. The number of aliphatic carboxylic acids is 1. The molecule has 0 aliphatic heterocycles. The van der Waals surface area contributed by atoms with Crippen LogP contribution in [0.4, 0.5) is 0 Å². The molecule has 19 heavy (non-hydrogen) atoms. The van der Waals surface area contributed by atoms with E-state index in [-0.39, 0.29) is 6.54 Å². The molecule has 0 bridgehead atoms. The lowest BCUT2D eigenvalue weighted by molar-refractivity contribution is -0.138. The highest BCUT2D eigenvalue weighted by atomic mass is 16.4. The fourth-order valence-corrected chi connectivity index (χ4v) is 2.29. The van der Waals surface area contributed by atoms with Crippen LogP contribution in [0.2, 0.25) is 0 Å². The molecule has 0 fully saturated rings. The quantitative estimate of drug-likeness (QED) is 0.830. The van der Waals surface area contributed by atoms with Crippen molar-refractivity contribution in [1.82, 2.24) is 4.90 Å². The predicted molar refractivity (Wildman–Crippen MR) is 75.3 cm³/mol. The van der Waals surface area contributed by atoms with Gasteiger partial charge >= 0.3 is 5.97 Å². The molecule has 4 nitrogen and oxygen atoms in total. The second-order valence-electron chi connectivity index (χ2n) is 5.54. The Morgan fingerprint density at radius 1 is 1.26 bits per heavy atom. The second-order valence-corrected chi connectivity index (χ2v) is 5.54. The molecule has 0 aliphatic carbocycles. The minimum Gasteiger partial charge on any atom is -0.507 e. The van der Waals surface area contributed by atoms with E-state index in [9.17, 15) is 9.90 Å². The van der Waals surface area contributed by atoms with E-state index in [0.29, 0.717) is 18.2 Å². The zero-order chi connectivity index (χ0) is 14.6. The Balaban J connectivity index is 2.86. The van der Waals surface area contributed by atoms with E-state index in [1.807, 2.05) is 30.9 Å². The van der Waals surface area contributed by atoms with Gasteiger partial charge in [0.05, 0.1) is 6.54 Å². The van der Waals surface area contributed by atoms with Crippen LogP contribution in [0.15, 0.2) is 12.1 Å². The zero-order valence-corrected chi connectivity index (χ0v) is 12.1. The van der Waals surface area contributed by atoms with Crippen LogP contribution in [0, 0.1) is 19.8 Å². The van der Waals surface area contributed by atoms with Crippen LogP contribution in [0.25, 0.3) is 0 Å². The lowest BCUT2D eigenvalue weighted by Gasteiger charge is -2.23. The summed E-state index contributed by atoms with van der Waals surface area (Å²) < 4.78 is 0. The molecular formula is C15H23NO3. The molecule has 0 saturated heterocycles. The molecule has 106 valence electrons. The average molecular weight is 265 g/mol. The van der Waals surface area contributed by atoms with Gasteiger partial charge in [0.15, 0.2) is 0 Å². The molecule has 0 radical (unpaired) electrons. The number of benzene rings is 1. The van der Waals surface area contributed by atoms with E-state index in [1.165, 1.54) is 0 Å². The summed E-state index contributed by atoms with van der Waals surface area (Å²) in [6.45, 7) is 9.23. The SMILES string of the molecule is Cc1cc(CN(CC(=O)O)CC(C)C)cc(C)c1O. The highest BCUT2D eigenvalue weighted by Crippen LogP contribution is 2.23. The Morgan fingerprint density at radius 3 is 2.21 bits per heavy atom. The third kappa shape index (κ3) is 4.91. The van der Waals surface area contributed by atoms with E-state index in [4.69, 9.17) is 5.11 Å². The molecular weight excluding hydrogens is 242 g/mol. The van der Waals surface area contributed by atoms with Crippen molar-refractivity contribution in [3.8, 4) is 5.75 Å². The van der Waals surface area contributed by atoms with Crippen molar-refractivity contribution >= 4 is 5.97 Å². The van der Waals surface area contributed by atoms with Gasteiger partial charge in [-0.05, 0) is 36.5 Å². The molecule has 1 aromatic rings. The summed E-state index contributed by atoms with van der Waals surface area (Å²) in [6, 6.07) is 3.83. The fourth-order valence-electron chi connectivity index (χ4n) is 2.29. The van der Waals surface area contributed by atoms with Gasteiger partial charge in [-0.25, -0.2) is 0 Å². The molecule has 1 aromatic carbocycles. The Bertz CT molecular complexity index is 432. The molecule has 2 N–H and O–H groups in total. The highest BCUT2D eigenvalue weighted by molar-refractivity contribution is 5.69. The van der Waals surface area contributed by atoms with Gasteiger partial charge in [-0.2, -0.15) is 0 Å². The summed E-state index contributed by atoms with van der Waals surface area (Å²) in [7, 11) is 0. The van der Waals surface area contributed by atoms with Crippen molar-refractivity contribution in [3.05, 3.63) is 28.8 Å². The number of carboxylic acid groups (broad SMARTS) is 1. The van der Waals surface area contributed by atoms with Gasteiger partial charge in [0, 0.05) is 13.1 Å². The molecule has 0 heterocycles. The van der Waals surface area contributed by atoms with Crippen molar-refractivity contribution < 1.29 is 15.0 Å². The normalized spacial score (nSPS) is 11.3. The first-order chi connectivity index (χ1) is 8.79. The van der Waals surface area contributed by atoms with Gasteiger partial charge in [0.25, 0.3) is 0 Å². The van der Waals surface area contributed by atoms with E-state index in [0.717, 1.165) is 23.2 Å². The van der Waals surface area contributed by atoms with Gasteiger partial charge in [-0.1, -0.05) is 26.0 Å². The van der Waals surface area contributed by atoms with E-state index in [1.54, 1.807) is 0 Å². The van der Waals surface area contributed by atoms with Gasteiger partial charge < -0.3 is 10.2 Å². The van der Waals surface area contributed by atoms with Crippen molar-refractivity contribution in [2.45, 2.75) is 34.2 Å². The number of hydrogen-bond acceptors (Lipinski definition) is 3. The molecule has 1 rings (SSSR count). The predicted octanol–water partition coefficient (Wildman–Crippen LogP) is 2.55. The molecule has 0 aliphatic rings. The number of aryl methyl sites for hydroxylation is 2. The first kappa shape index (κ1) is 15.5. The van der Waals surface area contributed by atoms with Gasteiger partial charge in [-0.15, -0.1) is 0 Å². The first-order valence-electron chi connectivity index (χ1n) is 6.52. The van der Waals surface area contributed by atoms with Crippen molar-refractivity contribution in [2.75, 3.05) is 13.1 Å². The largest absolute Gasteiger partial charge is 0.507 e. The van der Waals surface area contributed by atoms with E-state index in [2.05, 4.69) is 13.8 Å². The van der Waals surface area contributed by atoms with Crippen LogP contribution in [-0.4, -0.2) is 34.2 Å². The van der Waals surface area contributed by atoms with Crippen molar-refractivity contribution in [1.29, 1.82) is 0 Å². The van der Waals surface area contributed by atoms with Crippen LogP contribution in [-0.2, 0) is 11.3 Å². The summed E-state index contributed by atoms with van der Waals surface area (Å²) >= 11 is 0.